The number of nitrogens with zero attached hydrogens (tertiary/aromatic N) is 1. The molecule has 2 nitrogen and oxygen atoms in total. The Morgan fingerprint density at radius 1 is 1.26 bits per heavy atom. The molecule has 1 aromatic carbocycles. The molecule has 0 bridgehead atoms. The van der Waals surface area contributed by atoms with Gasteiger partial charge in [-0.15, -0.1) is 0 Å². The third kappa shape index (κ3) is 6.14. The summed E-state index contributed by atoms with van der Waals surface area (Å²) in [6, 6.07) is 10.8. The zero-order chi connectivity index (χ0) is 14.3. The van der Waals surface area contributed by atoms with Crippen molar-refractivity contribution in [2.45, 2.75) is 19.3 Å². The molecule has 2 aromatic rings. The van der Waals surface area contributed by atoms with Gasteiger partial charge < -0.3 is 0 Å². The van der Waals surface area contributed by atoms with Crippen molar-refractivity contribution in [1.29, 1.82) is 0 Å². The van der Waals surface area contributed by atoms with Crippen molar-refractivity contribution in [1.82, 2.24) is 0 Å². The molecule has 0 aliphatic carbocycles. The van der Waals surface area contributed by atoms with E-state index in [2.05, 4.69) is 91.4 Å². The van der Waals surface area contributed by atoms with Gasteiger partial charge in [0.1, 0.15) is 14.3 Å². The molecule has 0 saturated heterocycles. The average molecular weight is 630 g/mol. The van der Waals surface area contributed by atoms with Crippen LogP contribution in [0, 0.1) is 0 Å². The number of hydrogen-bond donors (Lipinski definition) is 1. The number of nitrogens with two attached hydrogens (primary N) is 1. The van der Waals surface area contributed by atoms with E-state index in [1.165, 1.54) is 5.19 Å². The molecule has 19 heavy (non-hydrogen) atoms. The van der Waals surface area contributed by atoms with Gasteiger partial charge in [-0.05, 0) is 0 Å². The Labute approximate surface area is 149 Å². The fourth-order valence-corrected chi connectivity index (χ4v) is 4.98. The average Bonchev–Trinajstić information content (AvgIpc) is 2.77. The molecule has 0 radical (unpaired) electrons. The van der Waals surface area contributed by atoms with Crippen LogP contribution >= 0.6 is 48.6 Å². The number of halogens is 3. The molecule has 1 aromatic heterocycles. The Balaban J connectivity index is 0.000000550. The van der Waals surface area contributed by atoms with E-state index in [1.54, 1.807) is 11.3 Å². The van der Waals surface area contributed by atoms with E-state index >= 15 is 0 Å². The van der Waals surface area contributed by atoms with Crippen molar-refractivity contribution in [2.75, 3.05) is 5.73 Å². The molecule has 0 aliphatic heterocycles. The van der Waals surface area contributed by atoms with Crippen LogP contribution in [0.15, 0.2) is 41.9 Å². The van der Waals surface area contributed by atoms with E-state index < -0.39 is 8.07 Å². The Morgan fingerprint density at radius 3 is 2.32 bits per heavy atom. The van der Waals surface area contributed by atoms with Gasteiger partial charge in [0.25, 0.3) is 0 Å². The summed E-state index contributed by atoms with van der Waals surface area (Å²) >= 11 is 6.90. The Bertz CT molecular complexity index is 491. The molecular formula is C12H17I3N2SSi. The maximum absolute atomic E-state index is 5.93. The number of nitrogen functional groups attached to an aromatic ring is 1. The molecule has 1 heterocycles. The topological polar surface area (TPSA) is 29.9 Å². The summed E-state index contributed by atoms with van der Waals surface area (Å²) in [6.07, 6.45) is 3.13. The second-order valence-corrected chi connectivity index (χ2v) is 26.5. The predicted octanol–water partition coefficient (Wildman–Crippen LogP) is 0.548. The fraction of sp³-hybridized carbons (Fsp3) is 0.250. The van der Waals surface area contributed by atoms with Crippen molar-refractivity contribution >= 4 is 67.0 Å². The molecule has 0 spiro atoms. The summed E-state index contributed by atoms with van der Waals surface area (Å²) in [6.45, 7) is 4.76. The van der Waals surface area contributed by atoms with Crippen molar-refractivity contribution in [2.24, 2.45) is 0 Å². The van der Waals surface area contributed by atoms with E-state index in [4.69, 9.17) is 5.73 Å². The van der Waals surface area contributed by atoms with Crippen LogP contribution in [0.5, 0.6) is 0 Å². The first kappa shape index (κ1) is 18.1. The van der Waals surface area contributed by atoms with Crippen LogP contribution in [0.3, 0.4) is 0 Å². The first-order valence-corrected chi connectivity index (χ1v) is 22.3. The first-order chi connectivity index (χ1) is 9.01. The molecule has 2 rings (SSSR count). The Morgan fingerprint density at radius 2 is 1.84 bits per heavy atom. The van der Waals surface area contributed by atoms with E-state index in [0.717, 1.165) is 11.3 Å². The Hall–Kier alpha value is 1.06. The standard InChI is InChI=1S/C12H16N2SSi.I3/c1-16(2,11-6-4-3-5-7-11)10-14-8-9-15-12(14)13;1-3-2/h3-9,13H,10H2,1-2H3;/q;-1/p+1. The van der Waals surface area contributed by atoms with Crippen molar-refractivity contribution in [3.8, 4) is 0 Å². The summed E-state index contributed by atoms with van der Waals surface area (Å²) in [5, 5.41) is 4.43. The molecule has 0 aliphatic rings. The van der Waals surface area contributed by atoms with Gasteiger partial charge >= 0.3 is 55.6 Å². The number of aromatic nitrogens is 1. The maximum atomic E-state index is 5.93. The molecule has 2 N–H and O–H groups in total. The number of anilines is 1. The zero-order valence-electron chi connectivity index (χ0n) is 10.8. The third-order valence-corrected chi connectivity index (χ3v) is 6.59. The van der Waals surface area contributed by atoms with Crippen molar-refractivity contribution in [3.63, 3.8) is 0 Å². The van der Waals surface area contributed by atoms with Gasteiger partial charge in [0.15, 0.2) is 0 Å². The molecule has 7 heteroatoms. The summed E-state index contributed by atoms with van der Waals surface area (Å²) in [5.74, 6) is 0. The molecule has 0 atom stereocenters. The molecule has 0 saturated carbocycles. The van der Waals surface area contributed by atoms with Crippen LogP contribution in [0.1, 0.15) is 0 Å². The van der Waals surface area contributed by atoms with E-state index in [-0.39, 0.29) is 0 Å². The molecule has 0 fully saturated rings. The normalized spacial score (nSPS) is 10.9. The number of rotatable bonds is 3. The summed E-state index contributed by atoms with van der Waals surface area (Å²) in [4.78, 5) is 0. The number of benzene rings is 1. The van der Waals surface area contributed by atoms with Crippen LogP contribution in [0.2, 0.25) is 13.1 Å². The monoisotopic (exact) mass is 630 g/mol. The quantitative estimate of drug-likeness (QED) is 0.300. The third-order valence-electron chi connectivity index (χ3n) is 2.83. The van der Waals surface area contributed by atoms with Crippen LogP contribution in [-0.4, -0.2) is 8.07 Å². The van der Waals surface area contributed by atoms with Gasteiger partial charge in [0.05, 0.1) is 6.17 Å². The van der Waals surface area contributed by atoms with Crippen LogP contribution in [0.4, 0.5) is 5.13 Å². The second kappa shape index (κ2) is 9.15. The SMILES string of the molecule is C[Si](C)(C[n+]1ccsc1N)c1ccccc1.I[I-]I. The predicted molar refractivity (Wildman–Crippen MR) is 101 cm³/mol. The number of thiazole rings is 1. The van der Waals surface area contributed by atoms with Gasteiger partial charge in [0, 0.05) is 5.38 Å². The van der Waals surface area contributed by atoms with Crippen molar-refractivity contribution < 1.29 is 17.8 Å². The van der Waals surface area contributed by atoms with Crippen LogP contribution in [-0.2, 0) is 6.17 Å². The minimum atomic E-state index is -1.43. The van der Waals surface area contributed by atoms with Crippen LogP contribution in [0.25, 0.3) is 0 Å². The fourth-order valence-electron chi connectivity index (χ4n) is 1.85. The Kier molecular flexibility index (Phi) is 8.72. The molecule has 0 unspecified atom stereocenters. The van der Waals surface area contributed by atoms with E-state index in [1.807, 2.05) is 5.38 Å². The zero-order valence-corrected chi connectivity index (χ0v) is 19.1. The molecular weight excluding hydrogens is 613 g/mol. The van der Waals surface area contributed by atoms with Crippen LogP contribution < -0.4 is 28.7 Å². The summed E-state index contributed by atoms with van der Waals surface area (Å²) in [7, 11) is -1.43. The second-order valence-electron chi connectivity index (χ2n) is 4.67. The minimum absolute atomic E-state index is 0.530. The summed E-state index contributed by atoms with van der Waals surface area (Å²) < 4.78 is 2.17. The first-order valence-electron chi connectivity index (χ1n) is 5.66. The van der Waals surface area contributed by atoms with Gasteiger partial charge in [-0.25, -0.2) is 4.57 Å². The van der Waals surface area contributed by atoms with Gasteiger partial charge in [-0.3, -0.25) is 5.73 Å². The van der Waals surface area contributed by atoms with Gasteiger partial charge in [-0.2, -0.15) is 0 Å². The number of hydrogen-bond acceptors (Lipinski definition) is 2. The van der Waals surface area contributed by atoms with E-state index in [0.29, 0.717) is 13.3 Å². The molecule has 106 valence electrons. The summed E-state index contributed by atoms with van der Waals surface area (Å²) in [5.41, 5.74) is 5.93. The van der Waals surface area contributed by atoms with E-state index in [9.17, 15) is 0 Å². The van der Waals surface area contributed by atoms with Gasteiger partial charge in [0.2, 0.25) is 0 Å². The molecule has 0 amide bonds. The van der Waals surface area contributed by atoms with Gasteiger partial charge in [-0.1, -0.05) is 59.9 Å². The van der Waals surface area contributed by atoms with Crippen molar-refractivity contribution in [3.05, 3.63) is 41.9 Å².